The highest BCUT2D eigenvalue weighted by molar-refractivity contribution is 6.32. The summed E-state index contributed by atoms with van der Waals surface area (Å²) in [6, 6.07) is 9.55. The first-order valence-corrected chi connectivity index (χ1v) is 12.1. The van der Waals surface area contributed by atoms with E-state index in [2.05, 4.69) is 15.3 Å². The number of amides is 1. The van der Waals surface area contributed by atoms with Gasteiger partial charge in [0.1, 0.15) is 17.9 Å². The van der Waals surface area contributed by atoms with Gasteiger partial charge in [0.05, 0.1) is 17.4 Å². The summed E-state index contributed by atoms with van der Waals surface area (Å²) in [5.74, 6) is 0.545. The third-order valence-corrected chi connectivity index (χ3v) is 5.94. The van der Waals surface area contributed by atoms with E-state index in [0.717, 1.165) is 39.0 Å². The van der Waals surface area contributed by atoms with Gasteiger partial charge in [0, 0.05) is 45.6 Å². The van der Waals surface area contributed by atoms with Crippen LogP contribution in [0.5, 0.6) is 5.75 Å². The Morgan fingerprint density at radius 1 is 1.23 bits per heavy atom. The molecule has 0 fully saturated rings. The summed E-state index contributed by atoms with van der Waals surface area (Å²) in [6.07, 6.45) is 3.49. The summed E-state index contributed by atoms with van der Waals surface area (Å²) in [5, 5.41) is 4.56. The molecule has 7 heteroatoms. The van der Waals surface area contributed by atoms with Crippen molar-refractivity contribution in [1.29, 1.82) is 0 Å². The molecule has 0 saturated heterocycles. The van der Waals surface area contributed by atoms with E-state index in [0.29, 0.717) is 23.1 Å². The number of carbonyl (C=O) groups excluding carboxylic acids is 1. The van der Waals surface area contributed by atoms with Gasteiger partial charge >= 0.3 is 0 Å². The highest BCUT2D eigenvalue weighted by Gasteiger charge is 2.19. The number of rotatable bonds is 8. The largest absolute Gasteiger partial charge is 0.487 e. The van der Waals surface area contributed by atoms with Crippen LogP contribution < -0.4 is 10.1 Å². The van der Waals surface area contributed by atoms with Crippen LogP contribution >= 0.6 is 11.6 Å². The zero-order chi connectivity index (χ0) is 25.7. The van der Waals surface area contributed by atoms with Crippen molar-refractivity contribution in [3.05, 3.63) is 69.6 Å². The number of aryl methyl sites for hydroxylation is 2. The zero-order valence-electron chi connectivity index (χ0n) is 21.4. The number of fused-ring (bicyclic) bond motifs is 1. The van der Waals surface area contributed by atoms with Crippen LogP contribution in [0, 0.1) is 19.8 Å². The number of pyridine rings is 2. The molecule has 0 spiro atoms. The first kappa shape index (κ1) is 26.4. The van der Waals surface area contributed by atoms with E-state index in [4.69, 9.17) is 21.3 Å². The predicted molar refractivity (Wildman–Crippen MR) is 144 cm³/mol. The summed E-state index contributed by atoms with van der Waals surface area (Å²) in [5.41, 5.74) is 5.99. The van der Waals surface area contributed by atoms with Crippen LogP contribution in [0.15, 0.2) is 46.6 Å². The molecular weight excluding hydrogens is 460 g/mol. The van der Waals surface area contributed by atoms with Gasteiger partial charge in [-0.25, -0.2) is 4.98 Å². The molecule has 184 valence electrons. The molecule has 0 radical (unpaired) electrons. The molecule has 0 aliphatic rings. The van der Waals surface area contributed by atoms with Crippen molar-refractivity contribution in [2.75, 3.05) is 0 Å². The van der Waals surface area contributed by atoms with E-state index in [-0.39, 0.29) is 17.9 Å². The second-order valence-electron chi connectivity index (χ2n) is 8.90. The third kappa shape index (κ3) is 6.06. The van der Waals surface area contributed by atoms with E-state index >= 15 is 0 Å². The Morgan fingerprint density at radius 3 is 2.63 bits per heavy atom. The van der Waals surface area contributed by atoms with E-state index in [1.165, 1.54) is 0 Å². The van der Waals surface area contributed by atoms with Crippen LogP contribution in [-0.4, -0.2) is 22.1 Å². The van der Waals surface area contributed by atoms with Crippen LogP contribution in [0.25, 0.3) is 16.6 Å². The standard InChI is InChI=1S/C28H33ClN4O2/c1-8-30-25(19(6)29)22-14-18(5)32-27-21(22)10-9-11-24(27)35-15-23-17(4)12-13-31-26(23)20(7)33-28(34)16(2)3/h8-14,16,20H,15H2,1-7H3,(H,33,34)/b25-19+,30-8-. The number of ether oxygens (including phenoxy) is 1. The number of hydrogen-bond donors (Lipinski definition) is 1. The zero-order valence-corrected chi connectivity index (χ0v) is 22.2. The molecule has 1 unspecified atom stereocenters. The summed E-state index contributed by atoms with van der Waals surface area (Å²) < 4.78 is 6.34. The number of benzene rings is 1. The van der Waals surface area contributed by atoms with Crippen LogP contribution in [0.3, 0.4) is 0 Å². The minimum Gasteiger partial charge on any atom is -0.487 e. The van der Waals surface area contributed by atoms with Gasteiger partial charge in [-0.05, 0) is 58.4 Å². The minimum absolute atomic E-state index is 0.0119. The van der Waals surface area contributed by atoms with Crippen molar-refractivity contribution in [3.63, 3.8) is 0 Å². The highest BCUT2D eigenvalue weighted by Crippen LogP contribution is 2.34. The second kappa shape index (κ2) is 11.5. The van der Waals surface area contributed by atoms with Gasteiger partial charge in [0.2, 0.25) is 5.91 Å². The van der Waals surface area contributed by atoms with E-state index in [9.17, 15) is 4.79 Å². The van der Waals surface area contributed by atoms with Crippen molar-refractivity contribution in [3.8, 4) is 5.75 Å². The number of hydrogen-bond acceptors (Lipinski definition) is 5. The number of halogens is 1. The maximum Gasteiger partial charge on any atom is 0.223 e. The lowest BCUT2D eigenvalue weighted by atomic mass is 10.0. The normalized spacial score (nSPS) is 13.3. The maximum absolute atomic E-state index is 12.3. The molecule has 6 nitrogen and oxygen atoms in total. The van der Waals surface area contributed by atoms with Gasteiger partial charge in [0.25, 0.3) is 0 Å². The molecule has 3 aromatic rings. The van der Waals surface area contributed by atoms with Crippen LogP contribution in [-0.2, 0) is 11.4 Å². The Balaban J connectivity index is 2.01. The molecule has 35 heavy (non-hydrogen) atoms. The van der Waals surface area contributed by atoms with E-state index < -0.39 is 0 Å². The SMILES string of the molecule is C/C=N\C(=C(/C)Cl)c1cc(C)nc2c(OCc3c(C)ccnc3C(C)NC(=O)C(C)C)cccc12. The molecule has 3 rings (SSSR count). The van der Waals surface area contributed by atoms with Crippen LogP contribution in [0.1, 0.15) is 68.7 Å². The monoisotopic (exact) mass is 492 g/mol. The predicted octanol–water partition coefficient (Wildman–Crippen LogP) is 6.68. The lowest BCUT2D eigenvalue weighted by Crippen LogP contribution is -2.31. The van der Waals surface area contributed by atoms with Crippen molar-refractivity contribution < 1.29 is 9.53 Å². The number of allylic oxidation sites excluding steroid dienone is 1. The Labute approximate surface area is 212 Å². The van der Waals surface area contributed by atoms with Crippen LogP contribution in [0.4, 0.5) is 0 Å². The molecule has 0 bridgehead atoms. The van der Waals surface area contributed by atoms with Gasteiger partial charge in [-0.1, -0.05) is 37.6 Å². The number of aliphatic imine (C=N–C) groups is 1. The number of nitrogens with one attached hydrogen (secondary N) is 1. The molecule has 0 saturated carbocycles. The molecule has 2 heterocycles. The van der Waals surface area contributed by atoms with Gasteiger partial charge < -0.3 is 10.1 Å². The summed E-state index contributed by atoms with van der Waals surface area (Å²) >= 11 is 6.39. The fraction of sp³-hybridized carbons (Fsp3) is 0.357. The van der Waals surface area contributed by atoms with Crippen molar-refractivity contribution >= 4 is 40.3 Å². The Hall–Kier alpha value is -3.25. The number of nitrogens with zero attached hydrogens (tertiary/aromatic N) is 3. The molecular formula is C28H33ClN4O2. The molecule has 1 N–H and O–H groups in total. The molecule has 1 amide bonds. The van der Waals surface area contributed by atoms with Gasteiger partial charge in [0.15, 0.2) is 0 Å². The summed E-state index contributed by atoms with van der Waals surface area (Å²) in [6.45, 7) is 13.6. The van der Waals surface area contributed by atoms with Gasteiger partial charge in [-0.3, -0.25) is 14.8 Å². The third-order valence-electron chi connectivity index (χ3n) is 5.76. The highest BCUT2D eigenvalue weighted by atomic mass is 35.5. The molecule has 0 aliphatic carbocycles. The topological polar surface area (TPSA) is 76.5 Å². The molecule has 1 atom stereocenters. The Bertz CT molecular complexity index is 1290. The van der Waals surface area contributed by atoms with Crippen molar-refractivity contribution in [1.82, 2.24) is 15.3 Å². The van der Waals surface area contributed by atoms with E-state index in [1.54, 1.807) is 12.4 Å². The quantitative estimate of drug-likeness (QED) is 0.356. The lowest BCUT2D eigenvalue weighted by Gasteiger charge is -2.20. The number of carbonyl (C=O) groups is 1. The Morgan fingerprint density at radius 2 is 1.97 bits per heavy atom. The fourth-order valence-electron chi connectivity index (χ4n) is 3.90. The number of aromatic nitrogens is 2. The second-order valence-corrected chi connectivity index (χ2v) is 9.47. The maximum atomic E-state index is 12.3. The van der Waals surface area contributed by atoms with Gasteiger partial charge in [-0.15, -0.1) is 0 Å². The lowest BCUT2D eigenvalue weighted by molar-refractivity contribution is -0.124. The summed E-state index contributed by atoms with van der Waals surface area (Å²) in [4.78, 5) is 26.1. The van der Waals surface area contributed by atoms with Crippen LogP contribution in [0.2, 0.25) is 0 Å². The first-order valence-electron chi connectivity index (χ1n) is 11.8. The summed E-state index contributed by atoms with van der Waals surface area (Å²) in [7, 11) is 0. The molecule has 2 aromatic heterocycles. The minimum atomic E-state index is -0.241. The van der Waals surface area contributed by atoms with Gasteiger partial charge in [-0.2, -0.15) is 0 Å². The average Bonchev–Trinajstić information content (AvgIpc) is 2.80. The van der Waals surface area contributed by atoms with Crippen molar-refractivity contribution in [2.24, 2.45) is 10.9 Å². The number of para-hydroxylation sites is 1. The van der Waals surface area contributed by atoms with Crippen molar-refractivity contribution in [2.45, 2.75) is 61.1 Å². The smallest absolute Gasteiger partial charge is 0.223 e. The van der Waals surface area contributed by atoms with E-state index in [1.807, 2.05) is 78.8 Å². The molecule has 1 aromatic carbocycles. The molecule has 0 aliphatic heterocycles. The first-order chi connectivity index (χ1) is 16.6. The Kier molecular flexibility index (Phi) is 8.62. The average molecular weight is 493 g/mol. The fourth-order valence-corrected chi connectivity index (χ4v) is 4.06.